The summed E-state index contributed by atoms with van der Waals surface area (Å²) in [6, 6.07) is -0.623. The van der Waals surface area contributed by atoms with Gasteiger partial charge in [-0.3, -0.25) is 9.59 Å². The van der Waals surface area contributed by atoms with Crippen LogP contribution in [-0.2, 0) is 14.3 Å². The van der Waals surface area contributed by atoms with Gasteiger partial charge in [0.25, 0.3) is 0 Å². The van der Waals surface area contributed by atoms with Crippen molar-refractivity contribution < 1.29 is 24.5 Å². The quantitative estimate of drug-likeness (QED) is 0.0321. The Kier molecular flexibility index (Phi) is 57.0. The first-order valence-corrected chi connectivity index (χ1v) is 30.8. The molecule has 0 bridgehead atoms. The van der Waals surface area contributed by atoms with E-state index in [1.807, 2.05) is 6.08 Å². The van der Waals surface area contributed by atoms with E-state index >= 15 is 0 Å². The first-order valence-electron chi connectivity index (χ1n) is 30.8. The number of hydrogen-bond donors (Lipinski definition) is 3. The van der Waals surface area contributed by atoms with E-state index in [2.05, 4.69) is 43.5 Å². The summed E-state index contributed by atoms with van der Waals surface area (Å²) in [7, 11) is 0. The Hall–Kier alpha value is -1.92. The Morgan fingerprint density at radius 1 is 0.406 bits per heavy atom. The molecule has 0 aliphatic heterocycles. The largest absolute Gasteiger partial charge is 0.466 e. The lowest BCUT2D eigenvalue weighted by Gasteiger charge is -2.20. The van der Waals surface area contributed by atoms with Gasteiger partial charge in [0.05, 0.1) is 25.4 Å². The fourth-order valence-electron chi connectivity index (χ4n) is 9.43. The van der Waals surface area contributed by atoms with Crippen molar-refractivity contribution in [3.8, 4) is 0 Å². The van der Waals surface area contributed by atoms with Gasteiger partial charge in [-0.15, -0.1) is 0 Å². The van der Waals surface area contributed by atoms with Crippen LogP contribution < -0.4 is 5.32 Å². The number of unbranched alkanes of at least 4 members (excludes halogenated alkanes) is 42. The van der Waals surface area contributed by atoms with E-state index in [0.717, 1.165) is 51.4 Å². The number of aliphatic hydroxyl groups excluding tert-OH is 2. The third-order valence-electron chi connectivity index (χ3n) is 14.2. The highest BCUT2D eigenvalue weighted by Gasteiger charge is 2.18. The van der Waals surface area contributed by atoms with Crippen molar-refractivity contribution in [3.05, 3.63) is 36.5 Å². The number of ether oxygens (including phenoxy) is 1. The summed E-state index contributed by atoms with van der Waals surface area (Å²) in [5.41, 5.74) is 0. The second-order valence-electron chi connectivity index (χ2n) is 21.0. The lowest BCUT2D eigenvalue weighted by atomic mass is 10.0. The molecule has 0 rings (SSSR count). The number of nitrogens with one attached hydrogen (secondary N) is 1. The van der Waals surface area contributed by atoms with Gasteiger partial charge in [0.1, 0.15) is 0 Å². The standard InChI is InChI=1S/C63H119NO5/c1-3-5-7-9-11-13-14-15-16-31-34-37-41-45-49-53-57-63(68)69-58-54-50-46-42-38-35-32-29-27-25-23-21-19-17-18-20-22-24-26-28-30-33-36-40-44-48-52-56-62(67)64-60(59-65)61(66)55-51-47-43-39-12-10-8-6-4-2/h13-14,16,31,51,55,60-61,65-66H,3-12,15,17-30,32-50,52-54,56-59H2,1-2H3,(H,64,67)/b14-13-,31-16-,55-51+. The van der Waals surface area contributed by atoms with Crippen LogP contribution in [0.5, 0.6) is 0 Å². The topological polar surface area (TPSA) is 95.9 Å². The average Bonchev–Trinajstić information content (AvgIpc) is 3.35. The van der Waals surface area contributed by atoms with Crippen LogP contribution >= 0.6 is 0 Å². The molecule has 1 amide bonds. The zero-order valence-electron chi connectivity index (χ0n) is 46.3. The van der Waals surface area contributed by atoms with Crippen LogP contribution in [0.4, 0.5) is 0 Å². The molecule has 0 fully saturated rings. The maximum atomic E-state index is 12.4. The summed E-state index contributed by atoms with van der Waals surface area (Å²) in [6.07, 6.45) is 73.4. The van der Waals surface area contributed by atoms with Crippen molar-refractivity contribution in [2.45, 2.75) is 341 Å². The van der Waals surface area contributed by atoms with Crippen molar-refractivity contribution in [1.82, 2.24) is 5.32 Å². The van der Waals surface area contributed by atoms with E-state index in [1.54, 1.807) is 6.08 Å². The molecule has 69 heavy (non-hydrogen) atoms. The molecule has 3 N–H and O–H groups in total. The van der Waals surface area contributed by atoms with E-state index in [1.165, 1.54) is 250 Å². The van der Waals surface area contributed by atoms with Crippen LogP contribution in [-0.4, -0.2) is 47.4 Å². The van der Waals surface area contributed by atoms with Gasteiger partial charge in [0.15, 0.2) is 0 Å². The molecular formula is C63H119NO5. The number of aliphatic hydroxyl groups is 2. The molecule has 0 aromatic rings. The van der Waals surface area contributed by atoms with Gasteiger partial charge in [-0.2, -0.15) is 0 Å². The van der Waals surface area contributed by atoms with Gasteiger partial charge in [-0.25, -0.2) is 0 Å². The van der Waals surface area contributed by atoms with E-state index in [4.69, 9.17) is 4.74 Å². The van der Waals surface area contributed by atoms with Gasteiger partial charge < -0.3 is 20.3 Å². The van der Waals surface area contributed by atoms with Crippen LogP contribution in [0.1, 0.15) is 328 Å². The van der Waals surface area contributed by atoms with Gasteiger partial charge in [0, 0.05) is 12.8 Å². The van der Waals surface area contributed by atoms with Gasteiger partial charge in [-0.1, -0.05) is 288 Å². The molecule has 0 radical (unpaired) electrons. The number of esters is 1. The van der Waals surface area contributed by atoms with E-state index in [-0.39, 0.29) is 18.5 Å². The van der Waals surface area contributed by atoms with Crippen LogP contribution in [0.2, 0.25) is 0 Å². The lowest BCUT2D eigenvalue weighted by molar-refractivity contribution is -0.143. The number of carbonyl (C=O) groups is 2. The van der Waals surface area contributed by atoms with Gasteiger partial charge >= 0.3 is 5.97 Å². The van der Waals surface area contributed by atoms with Crippen molar-refractivity contribution >= 4 is 11.9 Å². The molecule has 0 heterocycles. The zero-order valence-corrected chi connectivity index (χ0v) is 46.3. The number of allylic oxidation sites excluding steroid dienone is 5. The summed E-state index contributed by atoms with van der Waals surface area (Å²) in [6.45, 7) is 4.86. The minimum Gasteiger partial charge on any atom is -0.466 e. The Labute approximate surface area is 430 Å². The lowest BCUT2D eigenvalue weighted by Crippen LogP contribution is -2.45. The normalized spacial score (nSPS) is 12.8. The van der Waals surface area contributed by atoms with E-state index < -0.39 is 12.1 Å². The minimum atomic E-state index is -0.840. The Morgan fingerprint density at radius 3 is 1.12 bits per heavy atom. The summed E-state index contributed by atoms with van der Waals surface area (Å²) < 4.78 is 5.48. The van der Waals surface area contributed by atoms with E-state index in [9.17, 15) is 19.8 Å². The average molecular weight is 971 g/mol. The monoisotopic (exact) mass is 970 g/mol. The SMILES string of the molecule is CCCCCC/C=C\C/C=C\CCCCCCCC(=O)OCCCCCCCCCCCCCCCCCCCCCCCCCCCCCC(=O)NC(CO)C(O)/C=C/CCCCCCCCC. The van der Waals surface area contributed by atoms with Crippen LogP contribution in [0.25, 0.3) is 0 Å². The predicted molar refractivity (Wildman–Crippen MR) is 301 cm³/mol. The molecule has 6 nitrogen and oxygen atoms in total. The van der Waals surface area contributed by atoms with Crippen molar-refractivity contribution in [2.75, 3.05) is 13.2 Å². The van der Waals surface area contributed by atoms with Crippen LogP contribution in [0, 0.1) is 0 Å². The Bertz CT molecular complexity index is 1120. The summed E-state index contributed by atoms with van der Waals surface area (Å²) >= 11 is 0. The van der Waals surface area contributed by atoms with Gasteiger partial charge in [0.2, 0.25) is 5.91 Å². The number of rotatable bonds is 57. The predicted octanol–water partition coefficient (Wildman–Crippen LogP) is 19.2. The van der Waals surface area contributed by atoms with Crippen LogP contribution in [0.3, 0.4) is 0 Å². The second-order valence-corrected chi connectivity index (χ2v) is 21.0. The summed E-state index contributed by atoms with van der Waals surface area (Å²) in [4.78, 5) is 24.4. The number of amides is 1. The third-order valence-corrected chi connectivity index (χ3v) is 14.2. The van der Waals surface area contributed by atoms with Gasteiger partial charge in [-0.05, 0) is 64.2 Å². The molecule has 0 aromatic heterocycles. The Balaban J connectivity index is 3.33. The number of carbonyl (C=O) groups excluding carboxylic acids is 2. The molecule has 0 aliphatic carbocycles. The second kappa shape index (κ2) is 58.6. The molecule has 0 saturated heterocycles. The fraction of sp³-hybridized carbons (Fsp3) is 0.873. The van der Waals surface area contributed by atoms with Crippen molar-refractivity contribution in [1.29, 1.82) is 0 Å². The highest BCUT2D eigenvalue weighted by atomic mass is 16.5. The maximum Gasteiger partial charge on any atom is 0.305 e. The number of hydrogen-bond acceptors (Lipinski definition) is 5. The third kappa shape index (κ3) is 55.2. The molecule has 6 heteroatoms. The first kappa shape index (κ1) is 67.1. The molecule has 0 aromatic carbocycles. The highest BCUT2D eigenvalue weighted by molar-refractivity contribution is 5.76. The summed E-state index contributed by atoms with van der Waals surface area (Å²) in [5, 5.41) is 22.9. The summed E-state index contributed by atoms with van der Waals surface area (Å²) in [5.74, 6) is -0.0637. The molecule has 0 spiro atoms. The zero-order chi connectivity index (χ0) is 50.0. The van der Waals surface area contributed by atoms with E-state index in [0.29, 0.717) is 19.4 Å². The maximum absolute atomic E-state index is 12.4. The fourth-order valence-corrected chi connectivity index (χ4v) is 9.43. The van der Waals surface area contributed by atoms with Crippen molar-refractivity contribution in [2.24, 2.45) is 0 Å². The smallest absolute Gasteiger partial charge is 0.305 e. The molecule has 2 unspecified atom stereocenters. The first-order chi connectivity index (χ1) is 34.0. The molecule has 2 atom stereocenters. The van der Waals surface area contributed by atoms with Crippen molar-refractivity contribution in [3.63, 3.8) is 0 Å². The Morgan fingerprint density at radius 2 is 0.725 bits per heavy atom. The highest BCUT2D eigenvalue weighted by Crippen LogP contribution is 2.17. The molecule has 406 valence electrons. The molecule has 0 aliphatic rings. The molecule has 0 saturated carbocycles. The minimum absolute atomic E-state index is 0.00396. The van der Waals surface area contributed by atoms with Crippen LogP contribution in [0.15, 0.2) is 36.5 Å². The molecular weight excluding hydrogens is 851 g/mol.